The molecule has 156 valence electrons. The zero-order valence-electron chi connectivity index (χ0n) is 16.3. The molecule has 0 saturated carbocycles. The zero-order valence-corrected chi connectivity index (χ0v) is 17.2. The van der Waals surface area contributed by atoms with Crippen LogP contribution in [0.2, 0.25) is 0 Å². The van der Waals surface area contributed by atoms with Gasteiger partial charge in [0, 0.05) is 37.4 Å². The highest BCUT2D eigenvalue weighted by molar-refractivity contribution is 7.89. The zero-order chi connectivity index (χ0) is 21.1. The van der Waals surface area contributed by atoms with Crippen LogP contribution in [0.4, 0.5) is 5.69 Å². The van der Waals surface area contributed by atoms with E-state index in [0.29, 0.717) is 37.6 Å². The first-order valence-corrected chi connectivity index (χ1v) is 10.8. The van der Waals surface area contributed by atoms with Crippen molar-refractivity contribution in [2.45, 2.75) is 4.90 Å². The molecule has 1 amide bonds. The Bertz CT molecular complexity index is 1140. The van der Waals surface area contributed by atoms with Gasteiger partial charge in [-0.15, -0.1) is 5.10 Å². The number of hydrogen-bond donors (Lipinski definition) is 1. The summed E-state index contributed by atoms with van der Waals surface area (Å²) in [5, 5.41) is 13.8. The molecule has 11 heteroatoms. The van der Waals surface area contributed by atoms with Gasteiger partial charge in [0.1, 0.15) is 6.33 Å². The number of amides is 1. The Balaban J connectivity index is 1.53. The highest BCUT2D eigenvalue weighted by Crippen LogP contribution is 2.20. The third kappa shape index (κ3) is 4.22. The molecule has 1 aromatic heterocycles. The number of carbonyl (C=O) groups is 1. The maximum Gasteiger partial charge on any atom is 0.255 e. The Kier molecular flexibility index (Phi) is 5.57. The molecule has 2 aromatic carbocycles. The number of piperazine rings is 1. The van der Waals surface area contributed by atoms with Crippen molar-refractivity contribution < 1.29 is 13.2 Å². The topological polar surface area (TPSA) is 113 Å². The predicted octanol–water partition coefficient (Wildman–Crippen LogP) is 0.851. The molecule has 30 heavy (non-hydrogen) atoms. The molecule has 3 aromatic rings. The van der Waals surface area contributed by atoms with Crippen LogP contribution in [0.25, 0.3) is 5.69 Å². The van der Waals surface area contributed by atoms with Gasteiger partial charge in [0.25, 0.3) is 5.91 Å². The minimum Gasteiger partial charge on any atom is -0.322 e. The van der Waals surface area contributed by atoms with E-state index < -0.39 is 15.9 Å². The molecule has 1 fully saturated rings. The molecule has 1 N–H and O–H groups in total. The van der Waals surface area contributed by atoms with Crippen molar-refractivity contribution >= 4 is 21.6 Å². The minimum absolute atomic E-state index is 0.113. The fourth-order valence-electron chi connectivity index (χ4n) is 3.18. The van der Waals surface area contributed by atoms with Crippen molar-refractivity contribution in [1.82, 2.24) is 29.4 Å². The fraction of sp³-hybridized carbons (Fsp3) is 0.263. The van der Waals surface area contributed by atoms with Gasteiger partial charge < -0.3 is 10.2 Å². The molecule has 1 aliphatic heterocycles. The number of benzene rings is 2. The third-order valence-corrected chi connectivity index (χ3v) is 6.81. The van der Waals surface area contributed by atoms with Crippen molar-refractivity contribution in [2.24, 2.45) is 0 Å². The number of hydrogen-bond acceptors (Lipinski definition) is 7. The molecule has 0 aliphatic carbocycles. The van der Waals surface area contributed by atoms with Crippen molar-refractivity contribution in [3.63, 3.8) is 0 Å². The molecule has 0 radical (unpaired) electrons. The SMILES string of the molecule is CN1CCN(S(=O)(=O)c2cccc(C(=O)Nc3cccc(-n4cnnn4)c3)c2)CC1. The summed E-state index contributed by atoms with van der Waals surface area (Å²) in [5.41, 5.74) is 1.49. The van der Waals surface area contributed by atoms with Gasteiger partial charge in [0.15, 0.2) is 0 Å². The Morgan fingerprint density at radius 3 is 2.53 bits per heavy atom. The summed E-state index contributed by atoms with van der Waals surface area (Å²) in [6.45, 7) is 2.21. The highest BCUT2D eigenvalue weighted by atomic mass is 32.2. The number of anilines is 1. The Labute approximate surface area is 174 Å². The van der Waals surface area contributed by atoms with E-state index in [2.05, 4.69) is 25.7 Å². The summed E-state index contributed by atoms with van der Waals surface area (Å²) < 4.78 is 28.8. The first kappa shape index (κ1) is 20.1. The van der Waals surface area contributed by atoms with E-state index in [-0.39, 0.29) is 10.5 Å². The van der Waals surface area contributed by atoms with Crippen LogP contribution in [-0.4, -0.2) is 77.0 Å². The number of sulfonamides is 1. The number of nitrogens with zero attached hydrogens (tertiary/aromatic N) is 6. The van der Waals surface area contributed by atoms with Crippen LogP contribution in [-0.2, 0) is 10.0 Å². The van der Waals surface area contributed by atoms with Crippen LogP contribution in [0.15, 0.2) is 59.8 Å². The van der Waals surface area contributed by atoms with E-state index in [4.69, 9.17) is 0 Å². The summed E-state index contributed by atoms with van der Waals surface area (Å²) >= 11 is 0. The molecule has 10 nitrogen and oxygen atoms in total. The van der Waals surface area contributed by atoms with E-state index in [1.54, 1.807) is 36.4 Å². The van der Waals surface area contributed by atoms with Crippen molar-refractivity contribution in [3.8, 4) is 5.69 Å². The molecule has 1 aliphatic rings. The molecular weight excluding hydrogens is 406 g/mol. The van der Waals surface area contributed by atoms with E-state index in [1.807, 2.05) is 7.05 Å². The second-order valence-electron chi connectivity index (χ2n) is 6.99. The smallest absolute Gasteiger partial charge is 0.255 e. The van der Waals surface area contributed by atoms with Gasteiger partial charge in [0.05, 0.1) is 10.6 Å². The molecule has 0 unspecified atom stereocenters. The van der Waals surface area contributed by atoms with Crippen molar-refractivity contribution in [3.05, 3.63) is 60.4 Å². The second-order valence-corrected chi connectivity index (χ2v) is 8.93. The molecule has 0 spiro atoms. The molecular formula is C19H21N7O3S. The summed E-state index contributed by atoms with van der Waals surface area (Å²) in [6, 6.07) is 13.1. The normalized spacial score (nSPS) is 15.8. The molecule has 4 rings (SSSR count). The third-order valence-electron chi connectivity index (χ3n) is 4.91. The number of likely N-dealkylation sites (N-methyl/N-ethyl adjacent to an activating group) is 1. The van der Waals surface area contributed by atoms with E-state index >= 15 is 0 Å². The Morgan fingerprint density at radius 2 is 1.80 bits per heavy atom. The first-order valence-electron chi connectivity index (χ1n) is 9.37. The Hall–Kier alpha value is -3.15. The number of carbonyl (C=O) groups excluding carboxylic acids is 1. The lowest BCUT2D eigenvalue weighted by molar-refractivity contribution is 0.102. The highest BCUT2D eigenvalue weighted by Gasteiger charge is 2.28. The van der Waals surface area contributed by atoms with Crippen molar-refractivity contribution in [2.75, 3.05) is 38.5 Å². The first-order chi connectivity index (χ1) is 14.4. The lowest BCUT2D eigenvalue weighted by atomic mass is 10.2. The number of aromatic nitrogens is 4. The average molecular weight is 427 g/mol. The standard InChI is InChI=1S/C19H21N7O3S/c1-24-8-10-25(11-9-24)30(28,29)18-7-2-4-15(12-18)19(27)21-16-5-3-6-17(13-16)26-14-20-22-23-26/h2-7,12-14H,8-11H2,1H3,(H,21,27). The maximum atomic E-state index is 13.0. The average Bonchev–Trinajstić information content (AvgIpc) is 3.29. The summed E-state index contributed by atoms with van der Waals surface area (Å²) in [6.07, 6.45) is 1.45. The summed E-state index contributed by atoms with van der Waals surface area (Å²) in [5.74, 6) is -0.403. The van der Waals surface area contributed by atoms with Crippen molar-refractivity contribution in [1.29, 1.82) is 0 Å². The number of nitrogens with one attached hydrogen (secondary N) is 1. The van der Waals surface area contributed by atoms with Gasteiger partial charge in [-0.2, -0.15) is 4.31 Å². The van der Waals surface area contributed by atoms with Crippen LogP contribution in [0.3, 0.4) is 0 Å². The summed E-state index contributed by atoms with van der Waals surface area (Å²) in [7, 11) is -1.69. The Morgan fingerprint density at radius 1 is 1.03 bits per heavy atom. The largest absolute Gasteiger partial charge is 0.322 e. The van der Waals surface area contributed by atoms with Gasteiger partial charge in [0.2, 0.25) is 10.0 Å². The van der Waals surface area contributed by atoms with Gasteiger partial charge >= 0.3 is 0 Å². The maximum absolute atomic E-state index is 13.0. The van der Waals surface area contributed by atoms with Gasteiger partial charge in [-0.1, -0.05) is 12.1 Å². The van der Waals surface area contributed by atoms with Crippen LogP contribution >= 0.6 is 0 Å². The fourth-order valence-corrected chi connectivity index (χ4v) is 4.65. The molecule has 1 saturated heterocycles. The quantitative estimate of drug-likeness (QED) is 0.642. The molecule has 0 bridgehead atoms. The van der Waals surface area contributed by atoms with Gasteiger partial charge in [-0.3, -0.25) is 4.79 Å². The van der Waals surface area contributed by atoms with E-state index in [9.17, 15) is 13.2 Å². The van der Waals surface area contributed by atoms with Gasteiger partial charge in [-0.05, 0) is 53.9 Å². The van der Waals surface area contributed by atoms with Crippen LogP contribution in [0.5, 0.6) is 0 Å². The lowest BCUT2D eigenvalue weighted by Crippen LogP contribution is -2.47. The van der Waals surface area contributed by atoms with Crippen LogP contribution in [0.1, 0.15) is 10.4 Å². The number of tetrazole rings is 1. The second kappa shape index (κ2) is 8.30. The minimum atomic E-state index is -3.65. The van der Waals surface area contributed by atoms with Crippen LogP contribution < -0.4 is 5.32 Å². The molecule has 2 heterocycles. The van der Waals surface area contributed by atoms with Crippen LogP contribution in [0, 0.1) is 0 Å². The monoisotopic (exact) mass is 427 g/mol. The lowest BCUT2D eigenvalue weighted by Gasteiger charge is -2.31. The van der Waals surface area contributed by atoms with Gasteiger partial charge in [-0.25, -0.2) is 13.1 Å². The summed E-state index contributed by atoms with van der Waals surface area (Å²) in [4.78, 5) is 14.9. The van der Waals surface area contributed by atoms with E-state index in [1.165, 1.54) is 27.4 Å². The molecule has 0 atom stereocenters. The number of rotatable bonds is 5. The van der Waals surface area contributed by atoms with E-state index in [0.717, 1.165) is 0 Å². The predicted molar refractivity (Wildman–Crippen MR) is 110 cm³/mol.